The molecule has 2 aromatic carbocycles. The first-order valence-corrected chi connectivity index (χ1v) is 15.0. The molecule has 3 aliphatic heterocycles. The summed E-state index contributed by atoms with van der Waals surface area (Å²) in [6.45, 7) is 10.2. The summed E-state index contributed by atoms with van der Waals surface area (Å²) in [6.07, 6.45) is 0.481. The molecule has 0 aliphatic carbocycles. The fraction of sp³-hybridized carbons (Fsp3) is 0.533. The molecule has 4 atom stereocenters. The summed E-state index contributed by atoms with van der Waals surface area (Å²) in [5.74, 6) is -2.84. The minimum absolute atomic E-state index is 0.0248. The highest BCUT2D eigenvalue weighted by molar-refractivity contribution is 6.31. The van der Waals surface area contributed by atoms with Crippen LogP contribution < -0.4 is 16.0 Å². The van der Waals surface area contributed by atoms with Gasteiger partial charge in [-0.2, -0.15) is 0 Å². The lowest BCUT2D eigenvalue weighted by Gasteiger charge is -2.37. The highest BCUT2D eigenvalue weighted by atomic mass is 35.5. The molecule has 0 bridgehead atoms. The van der Waals surface area contributed by atoms with Gasteiger partial charge in [0.05, 0.1) is 22.8 Å². The van der Waals surface area contributed by atoms with Crippen LogP contribution >= 0.6 is 23.2 Å². The first kappa shape index (κ1) is 31.1. The molecule has 5 rings (SSSR count). The highest BCUT2D eigenvalue weighted by Gasteiger charge is 2.66. The Balaban J connectivity index is 1.53. The first-order chi connectivity index (χ1) is 19.8. The average molecular weight is 625 g/mol. The number of hydrogen-bond acceptors (Lipinski definition) is 6. The Hall–Kier alpha value is -2.34. The Kier molecular flexibility index (Phi) is 8.87. The maximum Gasteiger partial charge on any atom is 0.237 e. The zero-order valence-electron chi connectivity index (χ0n) is 23.9. The van der Waals surface area contributed by atoms with Crippen molar-refractivity contribution in [1.29, 1.82) is 0 Å². The standard InChI is InChI=1S/C30H37Cl2F2N5O3/c1-29(2,3)15-24-30(18-13-22(34)20(32)14-23(18)36-28(30)42)25(17-4-5-21(33)19(31)12-17)26(37-24)27(41)35-6-7-38-8-10-39(16-40)11-9-38/h4-5,12-14,24-26,37,40H,6-11,15-16H2,1-3H3,(H,35,41)(H,36,42)/t24-,25+,26-,30+/m1/s1. The lowest BCUT2D eigenvalue weighted by Crippen LogP contribution is -2.50. The number of anilines is 1. The lowest BCUT2D eigenvalue weighted by atomic mass is 9.62. The number of amides is 2. The number of carbonyl (C=O) groups is 2. The van der Waals surface area contributed by atoms with E-state index in [9.17, 15) is 19.1 Å². The Morgan fingerprint density at radius 1 is 1.07 bits per heavy atom. The number of rotatable bonds is 7. The van der Waals surface area contributed by atoms with Crippen LogP contribution in [-0.2, 0) is 15.0 Å². The molecule has 0 saturated carbocycles. The van der Waals surface area contributed by atoms with E-state index in [-0.39, 0.29) is 34.0 Å². The van der Waals surface area contributed by atoms with Gasteiger partial charge in [0, 0.05) is 56.9 Å². The molecule has 8 nitrogen and oxygen atoms in total. The fourth-order valence-corrected chi connectivity index (χ4v) is 7.09. The zero-order valence-corrected chi connectivity index (χ0v) is 25.5. The van der Waals surface area contributed by atoms with Gasteiger partial charge in [-0.05, 0) is 47.2 Å². The number of benzene rings is 2. The van der Waals surface area contributed by atoms with Crippen molar-refractivity contribution in [2.45, 2.75) is 50.6 Å². The number of aliphatic hydroxyl groups is 1. The molecular weight excluding hydrogens is 587 g/mol. The predicted octanol–water partition coefficient (Wildman–Crippen LogP) is 3.71. The van der Waals surface area contributed by atoms with Crippen LogP contribution in [-0.4, -0.2) is 84.8 Å². The van der Waals surface area contributed by atoms with Crippen LogP contribution in [0.1, 0.15) is 44.2 Å². The number of hydrogen-bond donors (Lipinski definition) is 4. The highest BCUT2D eigenvalue weighted by Crippen LogP contribution is 2.57. The third-order valence-corrected chi connectivity index (χ3v) is 9.26. The Morgan fingerprint density at radius 3 is 2.38 bits per heavy atom. The van der Waals surface area contributed by atoms with E-state index in [4.69, 9.17) is 23.2 Å². The zero-order chi connectivity index (χ0) is 30.4. The van der Waals surface area contributed by atoms with Crippen molar-refractivity contribution in [3.8, 4) is 0 Å². The smallest absolute Gasteiger partial charge is 0.237 e. The summed E-state index contributed by atoms with van der Waals surface area (Å²) in [5.41, 5.74) is -0.403. The molecule has 2 amide bonds. The van der Waals surface area contributed by atoms with Crippen molar-refractivity contribution in [2.75, 3.05) is 51.3 Å². The molecule has 0 unspecified atom stereocenters. The quantitative estimate of drug-likeness (QED) is 0.376. The van der Waals surface area contributed by atoms with Gasteiger partial charge >= 0.3 is 0 Å². The van der Waals surface area contributed by atoms with E-state index < -0.39 is 35.1 Å². The van der Waals surface area contributed by atoms with Crippen molar-refractivity contribution in [3.05, 3.63) is 63.1 Å². The molecule has 1 spiro atoms. The summed E-state index contributed by atoms with van der Waals surface area (Å²) < 4.78 is 29.4. The van der Waals surface area contributed by atoms with Crippen molar-refractivity contribution in [2.24, 2.45) is 5.41 Å². The van der Waals surface area contributed by atoms with E-state index in [1.165, 1.54) is 30.3 Å². The average Bonchev–Trinajstić information content (AvgIpc) is 3.40. The number of carbonyl (C=O) groups excluding carboxylic acids is 2. The van der Waals surface area contributed by atoms with Gasteiger partial charge < -0.3 is 21.1 Å². The Labute approximate surface area is 254 Å². The number of nitrogens with one attached hydrogen (secondary N) is 3. The van der Waals surface area contributed by atoms with Crippen molar-refractivity contribution < 1.29 is 23.5 Å². The van der Waals surface area contributed by atoms with Crippen molar-refractivity contribution in [1.82, 2.24) is 20.4 Å². The van der Waals surface area contributed by atoms with Crippen LogP contribution in [0.4, 0.5) is 14.5 Å². The van der Waals surface area contributed by atoms with Crippen LogP contribution in [0, 0.1) is 17.0 Å². The maximum atomic E-state index is 15.0. The number of halogens is 4. The number of nitrogens with zero attached hydrogens (tertiary/aromatic N) is 2. The minimum Gasteiger partial charge on any atom is -0.381 e. The van der Waals surface area contributed by atoms with E-state index >= 15 is 4.39 Å². The third-order valence-electron chi connectivity index (χ3n) is 8.68. The van der Waals surface area contributed by atoms with Crippen molar-refractivity contribution >= 4 is 40.7 Å². The maximum absolute atomic E-state index is 15.0. The van der Waals surface area contributed by atoms with E-state index in [0.717, 1.165) is 26.2 Å². The molecular formula is C30H37Cl2F2N5O3. The Morgan fingerprint density at radius 2 is 1.74 bits per heavy atom. The monoisotopic (exact) mass is 623 g/mol. The van der Waals surface area contributed by atoms with E-state index in [2.05, 4.69) is 20.9 Å². The molecule has 42 heavy (non-hydrogen) atoms. The molecule has 228 valence electrons. The van der Waals surface area contributed by atoms with E-state index in [1.807, 2.05) is 25.7 Å². The SMILES string of the molecule is CC(C)(C)C[C@H]1N[C@@H](C(=O)NCCN2CCN(CO)CC2)[C@H](c2ccc(F)c(Cl)c2)[C@@]12C(=O)Nc1cc(Cl)c(F)cc12. The van der Waals surface area contributed by atoms with E-state index in [0.29, 0.717) is 36.3 Å². The largest absolute Gasteiger partial charge is 0.381 e. The second-order valence-corrected chi connectivity index (χ2v) is 13.5. The van der Waals surface area contributed by atoms with Gasteiger partial charge in [-0.1, -0.05) is 50.0 Å². The molecule has 0 aromatic heterocycles. The summed E-state index contributed by atoms with van der Waals surface area (Å²) in [7, 11) is 0. The van der Waals surface area contributed by atoms with Gasteiger partial charge in [-0.25, -0.2) is 8.78 Å². The molecule has 12 heteroatoms. The molecule has 3 heterocycles. The minimum atomic E-state index is -1.40. The van der Waals surface area contributed by atoms with Gasteiger partial charge in [-0.3, -0.25) is 19.4 Å². The van der Waals surface area contributed by atoms with Crippen LogP contribution in [0.5, 0.6) is 0 Å². The van der Waals surface area contributed by atoms with Gasteiger partial charge in [-0.15, -0.1) is 0 Å². The molecule has 2 saturated heterocycles. The summed E-state index contributed by atoms with van der Waals surface area (Å²) in [4.78, 5) is 32.3. The van der Waals surface area contributed by atoms with Crippen LogP contribution in [0.15, 0.2) is 30.3 Å². The molecule has 4 N–H and O–H groups in total. The summed E-state index contributed by atoms with van der Waals surface area (Å²) in [5, 5.41) is 18.5. The van der Waals surface area contributed by atoms with Gasteiger partial charge in [0.1, 0.15) is 17.0 Å². The first-order valence-electron chi connectivity index (χ1n) is 14.2. The molecule has 2 fully saturated rings. The van der Waals surface area contributed by atoms with E-state index in [1.54, 1.807) is 0 Å². The lowest BCUT2D eigenvalue weighted by molar-refractivity contribution is -0.123. The van der Waals surface area contributed by atoms with Crippen LogP contribution in [0.3, 0.4) is 0 Å². The molecule has 3 aliphatic rings. The van der Waals surface area contributed by atoms with Crippen molar-refractivity contribution in [3.63, 3.8) is 0 Å². The number of aliphatic hydroxyl groups excluding tert-OH is 1. The normalized spacial score (nSPS) is 26.5. The second kappa shape index (κ2) is 12.0. The fourth-order valence-electron chi connectivity index (χ4n) is 6.74. The van der Waals surface area contributed by atoms with Crippen LogP contribution in [0.2, 0.25) is 10.0 Å². The Bertz CT molecular complexity index is 1370. The predicted molar refractivity (Wildman–Crippen MR) is 159 cm³/mol. The summed E-state index contributed by atoms with van der Waals surface area (Å²) >= 11 is 12.3. The summed E-state index contributed by atoms with van der Waals surface area (Å²) in [6, 6.07) is 5.40. The topological polar surface area (TPSA) is 96.9 Å². The van der Waals surface area contributed by atoms with Gasteiger partial charge in [0.25, 0.3) is 0 Å². The number of fused-ring (bicyclic) bond motifs is 2. The third kappa shape index (κ3) is 5.77. The van der Waals surface area contributed by atoms with Crippen LogP contribution in [0.25, 0.3) is 0 Å². The second-order valence-electron chi connectivity index (χ2n) is 12.6. The number of piperazine rings is 1. The molecule has 2 aromatic rings. The van der Waals surface area contributed by atoms with Gasteiger partial charge in [0.2, 0.25) is 11.8 Å². The molecule has 0 radical (unpaired) electrons. The van der Waals surface area contributed by atoms with Gasteiger partial charge in [0.15, 0.2) is 0 Å².